The zero-order valence-electron chi connectivity index (χ0n) is 19.0. The van der Waals surface area contributed by atoms with Crippen molar-refractivity contribution in [1.82, 2.24) is 20.1 Å². The molecule has 5 aliphatic carbocycles. The zero-order chi connectivity index (χ0) is 22.8. The van der Waals surface area contributed by atoms with E-state index in [1.54, 1.807) is 7.11 Å². The number of methoxy groups -OCH3 is 1. The number of ether oxygens (including phenoxy) is 1. The van der Waals surface area contributed by atoms with E-state index < -0.39 is 17.3 Å². The number of amides is 1. The second-order valence-electron chi connectivity index (χ2n) is 10.6. The van der Waals surface area contributed by atoms with E-state index in [-0.39, 0.29) is 12.0 Å². The van der Waals surface area contributed by atoms with Crippen LogP contribution in [-0.4, -0.2) is 57.4 Å². The Kier molecular flexibility index (Phi) is 4.75. The van der Waals surface area contributed by atoms with E-state index in [4.69, 9.17) is 9.84 Å². The highest BCUT2D eigenvalue weighted by Gasteiger charge is 2.59. The lowest BCUT2D eigenvalue weighted by Gasteiger charge is -2.60. The van der Waals surface area contributed by atoms with Crippen molar-refractivity contribution in [3.05, 3.63) is 29.2 Å². The van der Waals surface area contributed by atoms with Crippen LogP contribution in [0.1, 0.15) is 55.5 Å². The zero-order valence-corrected chi connectivity index (χ0v) is 19.0. The first-order chi connectivity index (χ1) is 15.9. The molecule has 8 heteroatoms. The largest absolute Gasteiger partial charge is 0.390 e. The Morgan fingerprint density at radius 1 is 1.27 bits per heavy atom. The van der Waals surface area contributed by atoms with Gasteiger partial charge in [-0.3, -0.25) is 19.3 Å². The van der Waals surface area contributed by atoms with Crippen LogP contribution >= 0.6 is 0 Å². The molecule has 2 heterocycles. The van der Waals surface area contributed by atoms with Gasteiger partial charge in [-0.05, 0) is 43.9 Å². The number of carbonyl (C=O) groups is 2. The minimum Gasteiger partial charge on any atom is -0.390 e. The van der Waals surface area contributed by atoms with Crippen LogP contribution in [0.5, 0.6) is 0 Å². The molecule has 0 aliphatic heterocycles. The molecule has 5 aliphatic rings. The fourth-order valence-electron chi connectivity index (χ4n) is 7.33. The molecule has 4 bridgehead atoms. The number of ketones is 1. The summed E-state index contributed by atoms with van der Waals surface area (Å²) < 4.78 is 7.07. The van der Waals surface area contributed by atoms with Crippen molar-refractivity contribution >= 4 is 28.7 Å². The fourth-order valence-corrected chi connectivity index (χ4v) is 7.33. The number of aliphatic hydroxyl groups is 1. The van der Waals surface area contributed by atoms with Crippen LogP contribution < -0.4 is 5.32 Å². The Balaban J connectivity index is 1.42. The number of fused-ring (bicyclic) bond motifs is 3. The van der Waals surface area contributed by atoms with Gasteiger partial charge in [0.25, 0.3) is 5.91 Å². The molecule has 0 spiro atoms. The number of Topliss-reactive ketones (excluding diaryl/α,β-unsaturated/α-hetero) is 1. The molecule has 1 amide bonds. The van der Waals surface area contributed by atoms with Gasteiger partial charge in [-0.2, -0.15) is 5.10 Å². The summed E-state index contributed by atoms with van der Waals surface area (Å²) in [6.07, 6.45) is 12.4. The van der Waals surface area contributed by atoms with Crippen LogP contribution in [-0.2, 0) is 32.7 Å². The van der Waals surface area contributed by atoms with E-state index in [0.29, 0.717) is 37.1 Å². The summed E-state index contributed by atoms with van der Waals surface area (Å²) in [5.74, 6) is -0.110. The maximum atomic E-state index is 12.7. The monoisotopic (exact) mass is 450 g/mol. The summed E-state index contributed by atoms with van der Waals surface area (Å²) in [5, 5.41) is 19.8. The molecule has 2 aromatic heterocycles. The number of hydrogen-bond acceptors (Lipinski definition) is 6. The highest BCUT2D eigenvalue weighted by molar-refractivity contribution is 6.36. The fraction of sp³-hybridized carbons (Fsp3) is 0.600. The molecule has 0 aromatic carbocycles. The summed E-state index contributed by atoms with van der Waals surface area (Å²) in [7, 11) is 1.55. The van der Waals surface area contributed by atoms with Gasteiger partial charge >= 0.3 is 0 Å². The summed E-state index contributed by atoms with van der Waals surface area (Å²) in [4.78, 5) is 29.7. The first kappa shape index (κ1) is 21.0. The Hall–Kier alpha value is -2.58. The summed E-state index contributed by atoms with van der Waals surface area (Å²) in [6, 6.07) is 0. The molecule has 33 heavy (non-hydrogen) atoms. The number of nitrogens with zero attached hydrogens (tertiary/aromatic N) is 3. The van der Waals surface area contributed by atoms with Gasteiger partial charge in [0, 0.05) is 43.6 Å². The van der Waals surface area contributed by atoms with Gasteiger partial charge in [0.1, 0.15) is 0 Å². The van der Waals surface area contributed by atoms with E-state index in [9.17, 15) is 14.7 Å². The molecule has 4 saturated carbocycles. The molecule has 2 unspecified atom stereocenters. The first-order valence-electron chi connectivity index (χ1n) is 12.0. The number of nitrogens with one attached hydrogen (secondary N) is 1. The van der Waals surface area contributed by atoms with Crippen LogP contribution in [0.15, 0.2) is 12.3 Å². The van der Waals surface area contributed by atoms with E-state index in [1.165, 1.54) is 6.42 Å². The number of allylic oxidation sites excluding steroid dienone is 1. The average molecular weight is 451 g/mol. The van der Waals surface area contributed by atoms with Crippen LogP contribution in [0.25, 0.3) is 17.0 Å². The van der Waals surface area contributed by atoms with Gasteiger partial charge < -0.3 is 15.2 Å². The molecule has 4 fully saturated rings. The number of pyridine rings is 1. The van der Waals surface area contributed by atoms with Crippen molar-refractivity contribution in [3.8, 4) is 0 Å². The van der Waals surface area contributed by atoms with Gasteiger partial charge in [0.15, 0.2) is 0 Å². The maximum Gasteiger partial charge on any atom is 0.287 e. The van der Waals surface area contributed by atoms with Crippen molar-refractivity contribution < 1.29 is 19.4 Å². The topological polar surface area (TPSA) is 106 Å². The third-order valence-electron chi connectivity index (χ3n) is 8.13. The van der Waals surface area contributed by atoms with Gasteiger partial charge in [-0.25, -0.2) is 0 Å². The lowest BCUT2D eigenvalue weighted by Crippen LogP contribution is -2.59. The van der Waals surface area contributed by atoms with Crippen molar-refractivity contribution in [1.29, 1.82) is 0 Å². The molecule has 0 saturated heterocycles. The van der Waals surface area contributed by atoms with Crippen LogP contribution in [0.2, 0.25) is 0 Å². The van der Waals surface area contributed by atoms with Crippen LogP contribution in [0.4, 0.5) is 0 Å². The third-order valence-corrected chi connectivity index (χ3v) is 8.13. The smallest absolute Gasteiger partial charge is 0.287 e. The number of hydrogen-bond donors (Lipinski definition) is 2. The Morgan fingerprint density at radius 2 is 2.06 bits per heavy atom. The number of rotatable bonds is 7. The van der Waals surface area contributed by atoms with Crippen molar-refractivity contribution in [2.24, 2.45) is 11.8 Å². The summed E-state index contributed by atoms with van der Waals surface area (Å²) >= 11 is 0. The minimum absolute atomic E-state index is 0.0697. The molecule has 2 atom stereocenters. The van der Waals surface area contributed by atoms with E-state index in [1.807, 2.05) is 6.20 Å². The normalized spacial score (nSPS) is 31.3. The second-order valence-corrected chi connectivity index (χ2v) is 10.6. The molecule has 2 N–H and O–H groups in total. The number of aromatic nitrogens is 3. The molecular weight excluding hydrogens is 420 g/mol. The quantitative estimate of drug-likeness (QED) is 0.493. The summed E-state index contributed by atoms with van der Waals surface area (Å²) in [6.45, 7) is 0.646. The van der Waals surface area contributed by atoms with Gasteiger partial charge in [-0.15, -0.1) is 0 Å². The van der Waals surface area contributed by atoms with Crippen molar-refractivity contribution in [3.63, 3.8) is 0 Å². The average Bonchev–Trinajstić information content (AvgIpc) is 3.37. The minimum atomic E-state index is -0.619. The van der Waals surface area contributed by atoms with Crippen LogP contribution in [0, 0.1) is 11.8 Å². The summed E-state index contributed by atoms with van der Waals surface area (Å²) in [5.41, 5.74) is 2.81. The standard InChI is InChI=1S/C25H30N4O4/c1-33-6-5-26-23(31)21(30)8-20-18-13-27-19-4-2-3-17(19)22(18)29(28-20)24-9-15-7-16(10-24)12-25(32,11-15)14-24/h2-3,13,15-16,32H,4-12,14H2,1H3,(H,26,31). The van der Waals surface area contributed by atoms with Gasteiger partial charge in [0.05, 0.1) is 41.1 Å². The van der Waals surface area contributed by atoms with Crippen molar-refractivity contribution in [2.45, 2.75) is 62.5 Å². The highest BCUT2D eigenvalue weighted by Crippen LogP contribution is 2.61. The Morgan fingerprint density at radius 3 is 2.79 bits per heavy atom. The molecule has 0 radical (unpaired) electrons. The van der Waals surface area contributed by atoms with Gasteiger partial charge in [0.2, 0.25) is 5.78 Å². The first-order valence-corrected chi connectivity index (χ1v) is 12.0. The highest BCUT2D eigenvalue weighted by atomic mass is 16.5. The predicted octanol–water partition coefficient (Wildman–Crippen LogP) is 1.91. The predicted molar refractivity (Wildman–Crippen MR) is 121 cm³/mol. The Labute approximate surface area is 192 Å². The molecule has 7 rings (SSSR count). The number of carbonyl (C=O) groups excluding carboxylic acids is 2. The van der Waals surface area contributed by atoms with Crippen molar-refractivity contribution in [2.75, 3.05) is 20.3 Å². The van der Waals surface area contributed by atoms with Crippen LogP contribution in [0.3, 0.4) is 0 Å². The molecule has 8 nitrogen and oxygen atoms in total. The van der Waals surface area contributed by atoms with Gasteiger partial charge in [-0.1, -0.05) is 12.2 Å². The molecule has 2 aromatic rings. The van der Waals surface area contributed by atoms with E-state index >= 15 is 0 Å². The third kappa shape index (κ3) is 3.34. The van der Waals surface area contributed by atoms with E-state index in [2.05, 4.69) is 27.1 Å². The molecule has 174 valence electrons. The Bertz CT molecular complexity index is 1170. The lowest BCUT2D eigenvalue weighted by atomic mass is 9.51. The lowest BCUT2D eigenvalue weighted by molar-refractivity contribution is -0.158. The molecular formula is C25H30N4O4. The van der Waals surface area contributed by atoms with E-state index in [0.717, 1.165) is 54.3 Å². The maximum absolute atomic E-state index is 12.7. The SMILES string of the molecule is COCCNC(=O)C(=O)Cc1nn(C23CC4CC(CC(O)(C4)C2)C3)c2c3c(ncc12)CC=C3. The second kappa shape index (κ2) is 7.46.